The number of rotatable bonds is 3. The minimum absolute atomic E-state index is 0.249. The Kier molecular flexibility index (Phi) is 3.15. The number of benzene rings is 1. The van der Waals surface area contributed by atoms with Gasteiger partial charge in [-0.3, -0.25) is 0 Å². The van der Waals surface area contributed by atoms with Crippen LogP contribution in [0.25, 0.3) is 10.9 Å². The quantitative estimate of drug-likeness (QED) is 0.856. The summed E-state index contributed by atoms with van der Waals surface area (Å²) in [6, 6.07) is 7.09. The van der Waals surface area contributed by atoms with Crippen molar-refractivity contribution in [2.24, 2.45) is 0 Å². The molecule has 0 amide bonds. The number of aryl methyl sites for hydroxylation is 1. The number of pyridine rings is 1. The van der Waals surface area contributed by atoms with Crippen LogP contribution in [0, 0.1) is 12.7 Å². The average Bonchev–Trinajstić information content (AvgIpc) is 2.28. The molecule has 3 heteroatoms. The number of para-hydroxylation sites is 1. The van der Waals surface area contributed by atoms with E-state index in [1.165, 1.54) is 11.6 Å². The molecule has 0 saturated heterocycles. The van der Waals surface area contributed by atoms with Crippen molar-refractivity contribution in [1.82, 2.24) is 10.3 Å². The molecule has 1 N–H and O–H groups in total. The minimum atomic E-state index is -0.249. The number of likely N-dealkylation sites (N-methyl/N-ethyl adjacent to an activating group) is 1. The van der Waals surface area contributed by atoms with Crippen molar-refractivity contribution in [2.75, 3.05) is 13.6 Å². The van der Waals surface area contributed by atoms with Crippen molar-refractivity contribution < 1.29 is 4.39 Å². The first-order chi connectivity index (χ1) is 7.72. The number of hydrogen-bond donors (Lipinski definition) is 1. The third-order valence-electron chi connectivity index (χ3n) is 2.74. The Hall–Kier alpha value is -1.48. The number of aromatic nitrogens is 1. The van der Waals surface area contributed by atoms with E-state index in [0.29, 0.717) is 5.52 Å². The zero-order valence-corrected chi connectivity index (χ0v) is 9.55. The Morgan fingerprint density at radius 2 is 2.19 bits per heavy atom. The molecule has 1 aromatic heterocycles. The van der Waals surface area contributed by atoms with Gasteiger partial charge in [-0.05, 0) is 44.6 Å². The molecule has 0 aliphatic carbocycles. The summed E-state index contributed by atoms with van der Waals surface area (Å²) in [7, 11) is 1.92. The maximum absolute atomic E-state index is 13.5. The monoisotopic (exact) mass is 218 g/mol. The summed E-state index contributed by atoms with van der Waals surface area (Å²) < 4.78 is 13.5. The molecular weight excluding hydrogens is 203 g/mol. The van der Waals surface area contributed by atoms with Gasteiger partial charge in [0.2, 0.25) is 0 Å². The lowest BCUT2D eigenvalue weighted by molar-refractivity contribution is 0.636. The maximum Gasteiger partial charge on any atom is 0.149 e. The molecule has 0 fully saturated rings. The fourth-order valence-electron chi connectivity index (χ4n) is 1.81. The van der Waals surface area contributed by atoms with Crippen LogP contribution in [0.5, 0.6) is 0 Å². The molecule has 0 atom stereocenters. The summed E-state index contributed by atoms with van der Waals surface area (Å²) in [4.78, 5) is 4.33. The van der Waals surface area contributed by atoms with Crippen molar-refractivity contribution in [1.29, 1.82) is 0 Å². The number of nitrogens with one attached hydrogen (secondary N) is 1. The molecule has 84 valence electrons. The highest BCUT2D eigenvalue weighted by Crippen LogP contribution is 2.19. The molecule has 2 nitrogen and oxygen atoms in total. The topological polar surface area (TPSA) is 24.9 Å². The van der Waals surface area contributed by atoms with E-state index in [1.807, 2.05) is 26.1 Å². The van der Waals surface area contributed by atoms with Gasteiger partial charge in [-0.2, -0.15) is 0 Å². The fraction of sp³-hybridized carbons (Fsp3) is 0.308. The first kappa shape index (κ1) is 11.0. The normalized spacial score (nSPS) is 10.9. The molecule has 1 heterocycles. The Morgan fingerprint density at radius 3 is 2.94 bits per heavy atom. The molecule has 1 aromatic carbocycles. The molecule has 0 unspecified atom stereocenters. The molecule has 16 heavy (non-hydrogen) atoms. The van der Waals surface area contributed by atoms with Gasteiger partial charge >= 0.3 is 0 Å². The lowest BCUT2D eigenvalue weighted by atomic mass is 10.1. The molecule has 0 aliphatic rings. The smallest absolute Gasteiger partial charge is 0.149 e. The van der Waals surface area contributed by atoms with Gasteiger partial charge in [0.25, 0.3) is 0 Å². The predicted octanol–water partition coefficient (Wildman–Crippen LogP) is 2.44. The van der Waals surface area contributed by atoms with Crippen LogP contribution in [-0.2, 0) is 6.42 Å². The van der Waals surface area contributed by atoms with Gasteiger partial charge in [0, 0.05) is 11.1 Å². The largest absolute Gasteiger partial charge is 0.319 e. The van der Waals surface area contributed by atoms with Crippen molar-refractivity contribution in [3.05, 3.63) is 41.3 Å². The van der Waals surface area contributed by atoms with Crippen molar-refractivity contribution in [3.63, 3.8) is 0 Å². The third-order valence-corrected chi connectivity index (χ3v) is 2.74. The molecule has 0 spiro atoms. The van der Waals surface area contributed by atoms with Gasteiger partial charge in [-0.25, -0.2) is 9.37 Å². The third kappa shape index (κ3) is 2.04. The second-order valence-electron chi connectivity index (χ2n) is 3.90. The highest BCUT2D eigenvalue weighted by atomic mass is 19.1. The molecule has 2 rings (SSSR count). The van der Waals surface area contributed by atoms with E-state index in [2.05, 4.69) is 10.3 Å². The maximum atomic E-state index is 13.5. The summed E-state index contributed by atoms with van der Waals surface area (Å²) in [6.07, 6.45) is 0.918. The lowest BCUT2D eigenvalue weighted by Crippen LogP contribution is -2.11. The van der Waals surface area contributed by atoms with Crippen LogP contribution in [0.3, 0.4) is 0 Å². The van der Waals surface area contributed by atoms with Gasteiger partial charge in [0.05, 0.1) is 0 Å². The fourth-order valence-corrected chi connectivity index (χ4v) is 1.81. The first-order valence-electron chi connectivity index (χ1n) is 5.41. The van der Waals surface area contributed by atoms with E-state index in [-0.39, 0.29) is 5.82 Å². The van der Waals surface area contributed by atoms with Gasteiger partial charge in [-0.15, -0.1) is 0 Å². The van der Waals surface area contributed by atoms with Crippen molar-refractivity contribution >= 4 is 10.9 Å². The number of nitrogens with zero attached hydrogens (tertiary/aromatic N) is 1. The van der Waals surface area contributed by atoms with E-state index >= 15 is 0 Å². The van der Waals surface area contributed by atoms with E-state index < -0.39 is 0 Å². The van der Waals surface area contributed by atoms with E-state index in [4.69, 9.17) is 0 Å². The summed E-state index contributed by atoms with van der Waals surface area (Å²) in [5.74, 6) is -0.249. The predicted molar refractivity (Wildman–Crippen MR) is 64.1 cm³/mol. The highest BCUT2D eigenvalue weighted by molar-refractivity contribution is 5.80. The Balaban J connectivity index is 2.50. The molecule has 0 bridgehead atoms. The van der Waals surface area contributed by atoms with Gasteiger partial charge < -0.3 is 5.32 Å². The molecule has 0 radical (unpaired) electrons. The number of hydrogen-bond acceptors (Lipinski definition) is 2. The average molecular weight is 218 g/mol. The van der Waals surface area contributed by atoms with E-state index in [9.17, 15) is 4.39 Å². The SMILES string of the molecule is CNCCc1cc2cccc(F)c2nc1C. The van der Waals surface area contributed by atoms with Crippen LogP contribution in [0.2, 0.25) is 0 Å². The second-order valence-corrected chi connectivity index (χ2v) is 3.90. The number of fused-ring (bicyclic) bond motifs is 1. The summed E-state index contributed by atoms with van der Waals surface area (Å²) in [5.41, 5.74) is 2.55. The first-order valence-corrected chi connectivity index (χ1v) is 5.41. The van der Waals surface area contributed by atoms with Crippen LogP contribution < -0.4 is 5.32 Å². The van der Waals surface area contributed by atoms with Crippen LogP contribution in [0.4, 0.5) is 4.39 Å². The van der Waals surface area contributed by atoms with E-state index in [1.54, 1.807) is 6.07 Å². The summed E-state index contributed by atoms with van der Waals surface area (Å²) in [6.45, 7) is 2.83. The van der Waals surface area contributed by atoms with Crippen LogP contribution in [0.15, 0.2) is 24.3 Å². The molecule has 2 aromatic rings. The lowest BCUT2D eigenvalue weighted by Gasteiger charge is -2.07. The van der Waals surface area contributed by atoms with Gasteiger partial charge in [0.1, 0.15) is 11.3 Å². The van der Waals surface area contributed by atoms with Crippen molar-refractivity contribution in [3.8, 4) is 0 Å². The summed E-state index contributed by atoms with van der Waals surface area (Å²) >= 11 is 0. The Bertz CT molecular complexity index is 509. The zero-order valence-electron chi connectivity index (χ0n) is 9.55. The van der Waals surface area contributed by atoms with E-state index in [0.717, 1.165) is 24.0 Å². The van der Waals surface area contributed by atoms with Gasteiger partial charge in [0.15, 0.2) is 0 Å². The molecule has 0 saturated carbocycles. The second kappa shape index (κ2) is 4.58. The Labute approximate surface area is 94.5 Å². The minimum Gasteiger partial charge on any atom is -0.319 e. The molecule has 0 aliphatic heterocycles. The Morgan fingerprint density at radius 1 is 1.38 bits per heavy atom. The van der Waals surface area contributed by atoms with Crippen LogP contribution >= 0.6 is 0 Å². The zero-order chi connectivity index (χ0) is 11.5. The summed E-state index contributed by atoms with van der Waals surface area (Å²) in [5, 5.41) is 3.97. The standard InChI is InChI=1S/C13H15FN2/c1-9-10(6-7-15-2)8-11-4-3-5-12(14)13(11)16-9/h3-5,8,15H,6-7H2,1-2H3. The van der Waals surface area contributed by atoms with Crippen molar-refractivity contribution in [2.45, 2.75) is 13.3 Å². The number of halogens is 1. The van der Waals surface area contributed by atoms with Gasteiger partial charge in [-0.1, -0.05) is 12.1 Å². The molecular formula is C13H15FN2. The highest BCUT2D eigenvalue weighted by Gasteiger charge is 2.06. The van der Waals surface area contributed by atoms with Crippen LogP contribution in [0.1, 0.15) is 11.3 Å². The van der Waals surface area contributed by atoms with Crippen LogP contribution in [-0.4, -0.2) is 18.6 Å².